The largest absolute Gasteiger partial charge is 0.416 e. The maximum atomic E-state index is 13.5. The average molecular weight is 1110 g/mol. The van der Waals surface area contributed by atoms with Crippen LogP contribution in [0.5, 0.6) is 0 Å². The minimum atomic E-state index is -5.11. The molecule has 8 aromatic rings. The number of nitrogens with zero attached hydrogens (tertiary/aromatic N) is 3. The van der Waals surface area contributed by atoms with Gasteiger partial charge in [0.05, 0.1) is 62.7 Å². The second-order valence-corrected chi connectivity index (χ2v) is 18.8. The third-order valence-corrected chi connectivity index (χ3v) is 12.9. The van der Waals surface area contributed by atoms with Gasteiger partial charge in [0, 0.05) is 52.4 Å². The van der Waals surface area contributed by atoms with Crippen LogP contribution in [-0.2, 0) is 37.8 Å². The van der Waals surface area contributed by atoms with E-state index in [4.69, 9.17) is 9.97 Å². The lowest BCUT2D eigenvalue weighted by molar-refractivity contribution is -0.144. The molecule has 10 nitrogen and oxygen atoms in total. The van der Waals surface area contributed by atoms with Gasteiger partial charge in [-0.3, -0.25) is 14.9 Å². The van der Waals surface area contributed by atoms with Gasteiger partial charge in [-0.1, -0.05) is 60.7 Å². The number of fused-ring (bicyclic) bond motifs is 2. The van der Waals surface area contributed by atoms with Crippen molar-refractivity contribution in [2.24, 2.45) is 0 Å². The molecule has 0 aliphatic rings. The highest BCUT2D eigenvalue weighted by Gasteiger charge is 2.38. The number of alkyl halides is 12. The van der Waals surface area contributed by atoms with Crippen molar-refractivity contribution >= 4 is 68.4 Å². The fourth-order valence-electron chi connectivity index (χ4n) is 8.53. The first-order chi connectivity index (χ1) is 36.8. The second kappa shape index (κ2) is 23.0. The molecule has 0 radical (unpaired) electrons. The number of hydrogen-bond donors (Lipinski definition) is 5. The van der Waals surface area contributed by atoms with Gasteiger partial charge >= 0.3 is 36.8 Å². The number of aromatic nitrogens is 2. The Balaban J connectivity index is 0.979. The smallest absolute Gasteiger partial charge is 0.395 e. The van der Waals surface area contributed by atoms with Crippen LogP contribution in [0.3, 0.4) is 0 Å². The van der Waals surface area contributed by atoms with Crippen molar-refractivity contribution in [2.45, 2.75) is 50.3 Å². The summed E-state index contributed by atoms with van der Waals surface area (Å²) in [7, 11) is 0. The third kappa shape index (κ3) is 14.0. The van der Waals surface area contributed by atoms with E-state index in [-0.39, 0.29) is 36.2 Å². The summed E-state index contributed by atoms with van der Waals surface area (Å²) in [5.41, 5.74) is -2.67. The first kappa shape index (κ1) is 56.3. The average Bonchev–Trinajstić information content (AvgIpc) is 3.39. The Labute approximate surface area is 440 Å². The third-order valence-electron chi connectivity index (χ3n) is 12.3. The van der Waals surface area contributed by atoms with Crippen molar-refractivity contribution in [3.63, 3.8) is 0 Å². The molecule has 8 rings (SSSR count). The van der Waals surface area contributed by atoms with Gasteiger partial charge in [0.1, 0.15) is 0 Å². The van der Waals surface area contributed by atoms with Crippen LogP contribution in [0.2, 0.25) is 0 Å². The Bertz CT molecular complexity index is 3210. The van der Waals surface area contributed by atoms with Crippen LogP contribution in [0, 0.1) is 0 Å². The molecule has 1 atom stereocenters. The van der Waals surface area contributed by atoms with E-state index in [1.165, 1.54) is 12.1 Å². The Morgan fingerprint density at radius 3 is 1.26 bits per heavy atom. The zero-order valence-corrected chi connectivity index (χ0v) is 41.3. The van der Waals surface area contributed by atoms with Crippen LogP contribution < -0.4 is 21.3 Å². The first-order valence-electron chi connectivity index (χ1n) is 23.4. The number of halogens is 12. The summed E-state index contributed by atoms with van der Waals surface area (Å²) in [6, 6.07) is 30.0. The molecule has 23 heteroatoms. The molecule has 4 amide bonds. The summed E-state index contributed by atoms with van der Waals surface area (Å²) in [4.78, 5) is 38.0. The topological polar surface area (TPSA) is 132 Å². The SMILES string of the molecule is CSCC[C@@H](CO)N(Cc1ccc2cc(-c3ccccc3NC(=O)Nc3cc(C(F)(F)F)cc(C(F)(F)F)c3)ccc2n1)Cc1ccc2cc(-c3ccccc3NC(=O)Nc3cc(C(F)(F)F)cc(C(F)(F)F)c3)ccc2n1. The number of carbonyl (C=O) groups is 2. The van der Waals surface area contributed by atoms with E-state index in [9.17, 15) is 67.4 Å². The van der Waals surface area contributed by atoms with Gasteiger partial charge in [-0.2, -0.15) is 64.4 Å². The van der Waals surface area contributed by atoms with E-state index in [1.54, 1.807) is 84.6 Å². The highest BCUT2D eigenvalue weighted by Crippen LogP contribution is 2.40. The molecule has 0 bridgehead atoms. The minimum Gasteiger partial charge on any atom is -0.395 e. The van der Waals surface area contributed by atoms with Crippen molar-refractivity contribution < 1.29 is 67.4 Å². The molecular weight excluding hydrogens is 1070 g/mol. The fourth-order valence-corrected chi connectivity index (χ4v) is 9.04. The maximum Gasteiger partial charge on any atom is 0.416 e. The van der Waals surface area contributed by atoms with Gasteiger partial charge in [0.2, 0.25) is 0 Å². The summed E-state index contributed by atoms with van der Waals surface area (Å²) >= 11 is 1.62. The number of amides is 4. The van der Waals surface area contributed by atoms with Crippen LogP contribution in [0.1, 0.15) is 40.1 Å². The van der Waals surface area contributed by atoms with E-state index >= 15 is 0 Å². The monoisotopic (exact) mass is 1110 g/mol. The molecule has 406 valence electrons. The first-order valence-corrected chi connectivity index (χ1v) is 24.8. The molecule has 0 aliphatic heterocycles. The highest BCUT2D eigenvalue weighted by molar-refractivity contribution is 7.98. The molecular formula is C55H43F12N7O3S. The van der Waals surface area contributed by atoms with Gasteiger partial charge in [-0.25, -0.2) is 9.59 Å². The predicted octanol–water partition coefficient (Wildman–Crippen LogP) is 15.6. The lowest BCUT2D eigenvalue weighted by atomic mass is 10.0. The number of anilines is 4. The number of benzene rings is 6. The zero-order chi connectivity index (χ0) is 56.2. The molecule has 78 heavy (non-hydrogen) atoms. The number of pyridine rings is 2. The van der Waals surface area contributed by atoms with E-state index in [0.29, 0.717) is 99.2 Å². The lowest BCUT2D eigenvalue weighted by Crippen LogP contribution is -2.38. The quantitative estimate of drug-likeness (QED) is 0.0646. The molecule has 0 saturated heterocycles. The number of carbonyl (C=O) groups excluding carboxylic acids is 2. The highest BCUT2D eigenvalue weighted by atomic mass is 32.2. The molecule has 0 aliphatic carbocycles. The van der Waals surface area contributed by atoms with Gasteiger partial charge in [0.15, 0.2) is 0 Å². The molecule has 6 aromatic carbocycles. The number of hydrogen-bond acceptors (Lipinski definition) is 7. The van der Waals surface area contributed by atoms with E-state index in [1.807, 2.05) is 30.5 Å². The normalized spacial score (nSPS) is 12.7. The standard InChI is InChI=1S/C55H43F12N7O3S/c1-78-19-18-43(30-75)74(28-39-14-10-33-20-31(12-16-46(33)68-39)44-6-2-4-8-48(44)72-50(76)70-41-24-35(52(56,57)58)22-36(25-41)53(59,60)61)29-40-15-11-34-21-32(13-17-47(34)69-40)45-7-3-5-9-49(45)73-51(77)71-42-26-37(54(62,63)64)23-38(27-42)55(65,66)67/h2-17,20-27,43,75H,18-19,28-30H2,1H3,(H2,70,72,76)(H2,71,73,77)/t43-/m0/s1. The maximum absolute atomic E-state index is 13.5. The Kier molecular flexibility index (Phi) is 16.6. The molecule has 0 fully saturated rings. The zero-order valence-electron chi connectivity index (χ0n) is 40.5. The van der Waals surface area contributed by atoms with Crippen molar-refractivity contribution in [2.75, 3.05) is 39.9 Å². The number of para-hydroxylation sites is 2. The fraction of sp³-hybridized carbons (Fsp3) is 0.200. The van der Waals surface area contributed by atoms with E-state index < -0.39 is 70.4 Å². The van der Waals surface area contributed by atoms with Gasteiger partial charge in [-0.05, 0) is 114 Å². The van der Waals surface area contributed by atoms with Crippen LogP contribution >= 0.6 is 11.8 Å². The van der Waals surface area contributed by atoms with Crippen molar-refractivity contribution in [1.29, 1.82) is 0 Å². The molecule has 5 N–H and O–H groups in total. The summed E-state index contributed by atoms with van der Waals surface area (Å²) in [5, 5.41) is 21.2. The number of aliphatic hydroxyl groups excluding tert-OH is 1. The Hall–Kier alpha value is -7.89. The van der Waals surface area contributed by atoms with Gasteiger partial charge in [0.25, 0.3) is 0 Å². The van der Waals surface area contributed by atoms with Crippen LogP contribution in [-0.4, -0.2) is 56.7 Å². The summed E-state index contributed by atoms with van der Waals surface area (Å²) in [5.74, 6) is 0.744. The lowest BCUT2D eigenvalue weighted by Gasteiger charge is -2.30. The number of rotatable bonds is 15. The van der Waals surface area contributed by atoms with Gasteiger partial charge in [-0.15, -0.1) is 0 Å². The summed E-state index contributed by atoms with van der Waals surface area (Å²) in [6.45, 7) is 0.417. The Morgan fingerprint density at radius 1 is 0.513 bits per heavy atom. The van der Waals surface area contributed by atoms with E-state index in [2.05, 4.69) is 26.2 Å². The molecule has 0 spiro atoms. The summed E-state index contributed by atoms with van der Waals surface area (Å²) in [6.07, 6.45) is -17.9. The summed E-state index contributed by atoms with van der Waals surface area (Å²) < 4.78 is 162. The van der Waals surface area contributed by atoms with Crippen molar-refractivity contribution in [3.05, 3.63) is 179 Å². The number of aliphatic hydroxyl groups is 1. The number of thioether (sulfide) groups is 1. The van der Waals surface area contributed by atoms with Gasteiger partial charge < -0.3 is 26.4 Å². The van der Waals surface area contributed by atoms with Crippen LogP contribution in [0.4, 0.5) is 85.0 Å². The second-order valence-electron chi connectivity index (χ2n) is 17.8. The molecule has 0 saturated carbocycles. The van der Waals surface area contributed by atoms with Crippen molar-refractivity contribution in [3.8, 4) is 22.3 Å². The Morgan fingerprint density at radius 2 is 0.897 bits per heavy atom. The molecule has 0 unspecified atom stereocenters. The van der Waals surface area contributed by atoms with E-state index in [0.717, 1.165) is 5.75 Å². The van der Waals surface area contributed by atoms with Crippen molar-refractivity contribution in [1.82, 2.24) is 14.9 Å². The van der Waals surface area contributed by atoms with Crippen LogP contribution in [0.15, 0.2) is 146 Å². The predicted molar refractivity (Wildman–Crippen MR) is 276 cm³/mol. The number of urea groups is 2. The minimum absolute atomic E-state index is 0.0396. The van der Waals surface area contributed by atoms with Crippen LogP contribution in [0.25, 0.3) is 44.1 Å². The molecule has 2 aromatic heterocycles. The number of nitrogens with one attached hydrogen (secondary N) is 4. The molecule has 2 heterocycles.